The molecule has 0 amide bonds. The lowest BCUT2D eigenvalue weighted by molar-refractivity contribution is 0.0414. The molecule has 0 saturated carbocycles. The lowest BCUT2D eigenvalue weighted by Gasteiger charge is -2.29. The van der Waals surface area contributed by atoms with Crippen molar-refractivity contribution in [1.29, 1.82) is 0 Å². The van der Waals surface area contributed by atoms with E-state index in [1.54, 1.807) is 6.07 Å². The van der Waals surface area contributed by atoms with Gasteiger partial charge in [0.15, 0.2) is 0 Å². The number of rotatable bonds is 6. The smallest absolute Gasteiger partial charge is 0.142 e. The molecule has 1 aromatic rings. The Morgan fingerprint density at radius 1 is 1.18 bits per heavy atom. The van der Waals surface area contributed by atoms with Gasteiger partial charge < -0.3 is 20.6 Å². The fraction of sp³-hybridized carbons (Fsp3) is 0.455. The topological polar surface area (TPSA) is 72.7 Å². The number of hydrogen-bond acceptors (Lipinski definition) is 4. The molecule has 1 aromatic carbocycles. The summed E-state index contributed by atoms with van der Waals surface area (Å²) in [6, 6.07) is 4.37. The number of aliphatic hydroxyl groups excluding tert-OH is 3. The highest BCUT2D eigenvalue weighted by molar-refractivity contribution is 6.31. The minimum Gasteiger partial charge on any atom is -0.394 e. The first-order valence-electron chi connectivity index (χ1n) is 5.09. The fourth-order valence-corrected chi connectivity index (χ4v) is 1.48. The maximum atomic E-state index is 13.1. The molecule has 0 radical (unpaired) electrons. The van der Waals surface area contributed by atoms with Crippen molar-refractivity contribution in [2.75, 3.05) is 19.8 Å². The number of aliphatic hydroxyl groups is 3. The Morgan fingerprint density at radius 2 is 1.76 bits per heavy atom. The van der Waals surface area contributed by atoms with Gasteiger partial charge in [0, 0.05) is 6.54 Å². The van der Waals surface area contributed by atoms with E-state index < -0.39 is 31.2 Å². The molecule has 0 heterocycles. The van der Waals surface area contributed by atoms with E-state index in [1.165, 1.54) is 12.1 Å². The Morgan fingerprint density at radius 3 is 2.29 bits per heavy atom. The molecule has 0 spiro atoms. The Labute approximate surface area is 104 Å². The lowest BCUT2D eigenvalue weighted by Crippen LogP contribution is -2.54. The van der Waals surface area contributed by atoms with Gasteiger partial charge in [-0.25, -0.2) is 4.39 Å². The second-order valence-corrected chi connectivity index (χ2v) is 4.20. The summed E-state index contributed by atoms with van der Waals surface area (Å²) in [7, 11) is 0. The summed E-state index contributed by atoms with van der Waals surface area (Å²) in [6.45, 7) is -1.18. The zero-order valence-corrected chi connectivity index (χ0v) is 9.91. The molecule has 4 nitrogen and oxygen atoms in total. The third-order valence-electron chi connectivity index (χ3n) is 2.59. The van der Waals surface area contributed by atoms with Gasteiger partial charge in [0.25, 0.3) is 0 Å². The second kappa shape index (κ2) is 6.28. The predicted molar refractivity (Wildman–Crippen MR) is 62.2 cm³/mol. The number of hydrogen-bond donors (Lipinski definition) is 4. The highest BCUT2D eigenvalue weighted by atomic mass is 35.5. The maximum Gasteiger partial charge on any atom is 0.142 e. The molecule has 4 N–H and O–H groups in total. The van der Waals surface area contributed by atoms with Crippen LogP contribution in [0.5, 0.6) is 0 Å². The average Bonchev–Trinajstić information content (AvgIpc) is 2.36. The molecule has 96 valence electrons. The van der Waals surface area contributed by atoms with Gasteiger partial charge in [-0.3, -0.25) is 0 Å². The highest BCUT2D eigenvalue weighted by Gasteiger charge is 2.27. The van der Waals surface area contributed by atoms with Crippen LogP contribution in [-0.4, -0.2) is 40.7 Å². The van der Waals surface area contributed by atoms with E-state index in [1.807, 2.05) is 0 Å². The first kappa shape index (κ1) is 14.3. The van der Waals surface area contributed by atoms with Gasteiger partial charge in [-0.1, -0.05) is 23.7 Å². The third kappa shape index (κ3) is 3.37. The zero-order valence-electron chi connectivity index (χ0n) is 9.16. The van der Waals surface area contributed by atoms with Crippen LogP contribution in [0.2, 0.25) is 5.02 Å². The summed E-state index contributed by atoms with van der Waals surface area (Å²) in [5.74, 6) is -0.534. The summed E-state index contributed by atoms with van der Waals surface area (Å²) >= 11 is 5.75. The molecule has 1 rings (SSSR count). The Balaban J connectivity index is 2.75. The van der Waals surface area contributed by atoms with Crippen molar-refractivity contribution in [2.45, 2.75) is 12.1 Å². The van der Waals surface area contributed by atoms with Gasteiger partial charge in [0.1, 0.15) is 5.82 Å². The van der Waals surface area contributed by atoms with E-state index in [0.717, 1.165) is 0 Å². The first-order chi connectivity index (χ1) is 8.08. The predicted octanol–water partition coefficient (Wildman–Crippen LogP) is 0.284. The van der Waals surface area contributed by atoms with Gasteiger partial charge in [-0.05, 0) is 11.6 Å². The van der Waals surface area contributed by atoms with Crippen LogP contribution in [-0.2, 0) is 6.54 Å². The lowest BCUT2D eigenvalue weighted by atomic mass is 10.0. The average molecular weight is 264 g/mol. The Bertz CT molecular complexity index is 363. The van der Waals surface area contributed by atoms with Crippen LogP contribution in [0, 0.1) is 5.82 Å². The summed E-state index contributed by atoms with van der Waals surface area (Å²) in [5, 5.41) is 30.0. The largest absolute Gasteiger partial charge is 0.394 e. The van der Waals surface area contributed by atoms with E-state index in [9.17, 15) is 4.39 Å². The second-order valence-electron chi connectivity index (χ2n) is 3.82. The Hall–Kier alpha value is -0.720. The van der Waals surface area contributed by atoms with Gasteiger partial charge in [0.2, 0.25) is 0 Å². The van der Waals surface area contributed by atoms with Crippen molar-refractivity contribution in [3.63, 3.8) is 0 Å². The first-order valence-corrected chi connectivity index (χ1v) is 5.47. The molecule has 0 aliphatic carbocycles. The summed E-state index contributed by atoms with van der Waals surface area (Å²) in [4.78, 5) is 0. The molecule has 0 bridgehead atoms. The molecule has 0 unspecified atom stereocenters. The van der Waals surface area contributed by atoms with Gasteiger partial charge >= 0.3 is 0 Å². The van der Waals surface area contributed by atoms with E-state index in [2.05, 4.69) is 5.32 Å². The van der Waals surface area contributed by atoms with Crippen molar-refractivity contribution in [2.24, 2.45) is 0 Å². The maximum absolute atomic E-state index is 13.1. The summed E-state index contributed by atoms with van der Waals surface area (Å²) in [5.41, 5.74) is -0.707. The number of benzene rings is 1. The van der Waals surface area contributed by atoms with Crippen molar-refractivity contribution in [3.05, 3.63) is 34.6 Å². The van der Waals surface area contributed by atoms with Crippen molar-refractivity contribution < 1.29 is 19.7 Å². The fourth-order valence-electron chi connectivity index (χ4n) is 1.29. The van der Waals surface area contributed by atoms with Crippen LogP contribution in [0.3, 0.4) is 0 Å². The molecular formula is C11H15ClFNO3. The number of nitrogens with one attached hydrogen (secondary N) is 1. The monoisotopic (exact) mass is 263 g/mol. The summed E-state index contributed by atoms with van der Waals surface area (Å²) < 4.78 is 13.1. The van der Waals surface area contributed by atoms with E-state index in [-0.39, 0.29) is 11.6 Å². The minimum atomic E-state index is -1.20. The van der Waals surface area contributed by atoms with Gasteiger partial charge in [0.05, 0.1) is 30.4 Å². The number of halogens is 2. The van der Waals surface area contributed by atoms with Crippen LogP contribution in [0.15, 0.2) is 18.2 Å². The van der Waals surface area contributed by atoms with Crippen molar-refractivity contribution >= 4 is 11.6 Å². The zero-order chi connectivity index (χ0) is 12.9. The molecule has 17 heavy (non-hydrogen) atoms. The molecule has 0 fully saturated rings. The Kier molecular flexibility index (Phi) is 5.30. The van der Waals surface area contributed by atoms with E-state index >= 15 is 0 Å². The molecular weight excluding hydrogens is 249 g/mol. The van der Waals surface area contributed by atoms with Crippen molar-refractivity contribution in [1.82, 2.24) is 5.32 Å². The molecule has 0 aromatic heterocycles. The van der Waals surface area contributed by atoms with E-state index in [0.29, 0.717) is 5.56 Å². The SMILES string of the molecule is OCC(CO)(CO)NCc1cccc(F)c1Cl. The van der Waals surface area contributed by atoms with E-state index in [4.69, 9.17) is 26.9 Å². The normalized spacial score (nSPS) is 11.8. The molecule has 0 atom stereocenters. The minimum absolute atomic E-state index is 0.0114. The van der Waals surface area contributed by atoms with Crippen molar-refractivity contribution in [3.8, 4) is 0 Å². The standard InChI is InChI=1S/C11H15ClFNO3/c12-10-8(2-1-3-9(10)13)4-14-11(5-15,6-16)7-17/h1-3,14-17H,4-7H2. The van der Waals surface area contributed by atoms with Gasteiger partial charge in [-0.15, -0.1) is 0 Å². The van der Waals surface area contributed by atoms with Gasteiger partial charge in [-0.2, -0.15) is 0 Å². The van der Waals surface area contributed by atoms with Crippen LogP contribution < -0.4 is 5.32 Å². The molecule has 0 aliphatic heterocycles. The highest BCUT2D eigenvalue weighted by Crippen LogP contribution is 2.20. The summed E-state index contributed by atoms with van der Waals surface area (Å²) in [6.07, 6.45) is 0. The van der Waals surface area contributed by atoms with Crippen LogP contribution in [0.25, 0.3) is 0 Å². The third-order valence-corrected chi connectivity index (χ3v) is 3.02. The molecule has 0 saturated heterocycles. The van der Waals surface area contributed by atoms with Crippen LogP contribution >= 0.6 is 11.6 Å². The quantitative estimate of drug-likeness (QED) is 0.595. The molecule has 6 heteroatoms. The van der Waals surface area contributed by atoms with Crippen LogP contribution in [0.4, 0.5) is 4.39 Å². The van der Waals surface area contributed by atoms with Crippen LogP contribution in [0.1, 0.15) is 5.56 Å². The molecule has 0 aliphatic rings.